The van der Waals surface area contributed by atoms with E-state index in [2.05, 4.69) is 31.0 Å². The average molecular weight is 479 g/mol. The lowest BCUT2D eigenvalue weighted by molar-refractivity contribution is 0.0480. The number of carbonyl (C=O) groups is 1. The molecule has 8 nitrogen and oxygen atoms in total. The molecule has 0 bridgehead atoms. The van der Waals surface area contributed by atoms with Gasteiger partial charge in [0, 0.05) is 25.1 Å². The zero-order valence-electron chi connectivity index (χ0n) is 18.9. The molecule has 2 aliphatic rings. The summed E-state index contributed by atoms with van der Waals surface area (Å²) in [5.74, 6) is 0.693. The first kappa shape index (κ1) is 22.9. The maximum atomic E-state index is 11.5. The minimum Gasteiger partial charge on any atom is -0.489 e. The molecular weight excluding hydrogens is 450 g/mol. The molecule has 2 aromatic rings. The number of hydrogen-bond acceptors (Lipinski definition) is 6. The monoisotopic (exact) mass is 478 g/mol. The number of carboxylic acid groups (broad SMARTS) is 1. The lowest BCUT2D eigenvalue weighted by Crippen LogP contribution is -2.65. The predicted octanol–water partition coefficient (Wildman–Crippen LogP) is 5.12. The molecular formula is C22H29ClN5O3S+. The van der Waals surface area contributed by atoms with E-state index >= 15 is 0 Å². The van der Waals surface area contributed by atoms with Gasteiger partial charge in [-0.2, -0.15) is 0 Å². The number of amides is 1. The van der Waals surface area contributed by atoms with E-state index in [4.69, 9.17) is 21.4 Å². The van der Waals surface area contributed by atoms with Crippen LogP contribution >= 0.6 is 22.9 Å². The van der Waals surface area contributed by atoms with E-state index in [0.29, 0.717) is 28.5 Å². The van der Waals surface area contributed by atoms with Gasteiger partial charge in [-0.25, -0.2) is 4.79 Å². The number of benzene rings is 1. The second-order valence-corrected chi connectivity index (χ2v) is 10.9. The highest BCUT2D eigenvalue weighted by atomic mass is 35.5. The van der Waals surface area contributed by atoms with Crippen molar-refractivity contribution in [2.45, 2.75) is 58.7 Å². The van der Waals surface area contributed by atoms with Gasteiger partial charge in [0.15, 0.2) is 5.01 Å². The Labute approximate surface area is 197 Å². The zero-order valence-corrected chi connectivity index (χ0v) is 20.5. The number of rotatable bonds is 4. The molecule has 1 aromatic heterocycles. The second kappa shape index (κ2) is 8.28. The van der Waals surface area contributed by atoms with Crippen molar-refractivity contribution >= 4 is 40.4 Å². The lowest BCUT2D eigenvalue weighted by Gasteiger charge is -2.45. The Bertz CT molecular complexity index is 1050. The fourth-order valence-electron chi connectivity index (χ4n) is 4.63. The van der Waals surface area contributed by atoms with Crippen molar-refractivity contribution in [1.82, 2.24) is 19.7 Å². The summed E-state index contributed by atoms with van der Waals surface area (Å²) in [4.78, 5) is 13.0. The fraction of sp³-hybridized carbons (Fsp3) is 0.545. The number of nitrogens with zero attached hydrogens (tertiary/aromatic N) is 5. The van der Waals surface area contributed by atoms with Crippen molar-refractivity contribution in [2.24, 2.45) is 11.0 Å². The molecule has 10 heteroatoms. The molecule has 1 N–H and O–H groups in total. The largest absolute Gasteiger partial charge is 0.489 e. The minimum atomic E-state index is -0.877. The van der Waals surface area contributed by atoms with E-state index < -0.39 is 6.09 Å². The highest BCUT2D eigenvalue weighted by molar-refractivity contribution is 7.18. The maximum absolute atomic E-state index is 11.5. The topological polar surface area (TPSA) is 87.9 Å². The molecule has 4 rings (SSSR count). The van der Waals surface area contributed by atoms with Crippen molar-refractivity contribution in [3.63, 3.8) is 0 Å². The van der Waals surface area contributed by atoms with Crippen LogP contribution in [0.15, 0.2) is 23.3 Å². The summed E-state index contributed by atoms with van der Waals surface area (Å²) >= 11 is 7.95. The number of aromatic nitrogens is 2. The highest BCUT2D eigenvalue weighted by Gasteiger charge is 2.59. The van der Waals surface area contributed by atoms with Crippen LogP contribution in [0.3, 0.4) is 0 Å². The SMILES string of the molecule is CC(C)Oc1ccc(-c2nnc([N+]3(C(C)(C)C)N=CC4CN(C(=O)O)CCC43)s2)cc1Cl. The number of halogens is 1. The first-order chi connectivity index (χ1) is 15.0. The molecule has 32 heavy (non-hydrogen) atoms. The van der Waals surface area contributed by atoms with Gasteiger partial charge >= 0.3 is 11.2 Å². The number of quaternary nitrogens is 1. The van der Waals surface area contributed by atoms with E-state index in [1.54, 1.807) is 0 Å². The van der Waals surface area contributed by atoms with Gasteiger partial charge in [-0.05, 0) is 64.2 Å². The molecule has 1 fully saturated rings. The van der Waals surface area contributed by atoms with Crippen LogP contribution in [0.2, 0.25) is 5.02 Å². The van der Waals surface area contributed by atoms with Crippen molar-refractivity contribution in [1.29, 1.82) is 0 Å². The predicted molar refractivity (Wildman–Crippen MR) is 128 cm³/mol. The Hall–Kier alpha value is -2.23. The van der Waals surface area contributed by atoms with E-state index in [1.165, 1.54) is 16.2 Å². The number of hydrogen-bond donors (Lipinski definition) is 1. The summed E-state index contributed by atoms with van der Waals surface area (Å²) in [7, 11) is 0. The van der Waals surface area contributed by atoms with E-state index in [9.17, 15) is 9.90 Å². The zero-order chi connectivity index (χ0) is 23.3. The van der Waals surface area contributed by atoms with Crippen molar-refractivity contribution in [2.75, 3.05) is 13.1 Å². The molecule has 172 valence electrons. The number of likely N-dealkylation sites (tertiary alicyclic amines) is 1. The summed E-state index contributed by atoms with van der Waals surface area (Å²) < 4.78 is 6.06. The Morgan fingerprint density at radius 2 is 2.09 bits per heavy atom. The Morgan fingerprint density at radius 1 is 1.34 bits per heavy atom. The average Bonchev–Trinajstić information content (AvgIpc) is 3.33. The van der Waals surface area contributed by atoms with Crippen LogP contribution in [-0.4, -0.2) is 63.3 Å². The molecule has 1 saturated heterocycles. The van der Waals surface area contributed by atoms with Gasteiger partial charge in [0.2, 0.25) is 0 Å². The maximum Gasteiger partial charge on any atom is 0.407 e. The van der Waals surface area contributed by atoms with Gasteiger partial charge in [0.1, 0.15) is 17.3 Å². The molecule has 1 aromatic carbocycles. The molecule has 1 amide bonds. The quantitative estimate of drug-likeness (QED) is 0.616. The van der Waals surface area contributed by atoms with Crippen molar-refractivity contribution in [3.05, 3.63) is 23.2 Å². The summed E-state index contributed by atoms with van der Waals surface area (Å²) in [6, 6.07) is 5.78. The second-order valence-electron chi connectivity index (χ2n) is 9.57. The fourth-order valence-corrected chi connectivity index (χ4v) is 6.03. The van der Waals surface area contributed by atoms with Gasteiger partial charge in [0.25, 0.3) is 0 Å². The first-order valence-electron chi connectivity index (χ1n) is 10.8. The molecule has 0 aliphatic carbocycles. The lowest BCUT2D eigenvalue weighted by atomic mass is 9.89. The van der Waals surface area contributed by atoms with Crippen molar-refractivity contribution in [3.8, 4) is 16.3 Å². The van der Waals surface area contributed by atoms with Crippen LogP contribution in [-0.2, 0) is 0 Å². The number of fused-ring (bicyclic) bond motifs is 1. The van der Waals surface area contributed by atoms with Gasteiger partial charge in [-0.1, -0.05) is 21.8 Å². The molecule has 0 saturated carbocycles. The van der Waals surface area contributed by atoms with Gasteiger partial charge in [-0.3, -0.25) is 0 Å². The molecule has 3 unspecified atom stereocenters. The first-order valence-corrected chi connectivity index (χ1v) is 12.0. The van der Waals surface area contributed by atoms with Crippen LogP contribution in [0.1, 0.15) is 41.0 Å². The van der Waals surface area contributed by atoms with Crippen LogP contribution < -0.4 is 9.33 Å². The number of piperidine rings is 1. The van der Waals surface area contributed by atoms with Crippen LogP contribution in [0, 0.1) is 5.92 Å². The molecule has 3 atom stereocenters. The van der Waals surface area contributed by atoms with Gasteiger partial charge < -0.3 is 14.7 Å². The third kappa shape index (κ3) is 3.86. The summed E-state index contributed by atoms with van der Waals surface area (Å²) in [5, 5.41) is 25.6. The summed E-state index contributed by atoms with van der Waals surface area (Å²) in [5.41, 5.74) is 0.604. The standard InChI is InChI=1S/C22H28ClN5O3S/c1-13(2)31-18-7-6-14(10-16(18)23)19-25-26-20(32-19)28(22(3,4)5)17-8-9-27(21(29)30)12-15(17)11-24-28/h6-7,10-11,13,15,17H,8-9,12H2,1-5H3/p+1. The van der Waals surface area contributed by atoms with Crippen LogP contribution in [0.5, 0.6) is 5.75 Å². The molecule has 3 heterocycles. The number of ether oxygens (including phenoxy) is 1. The van der Waals surface area contributed by atoms with Crippen molar-refractivity contribution < 1.29 is 14.6 Å². The molecule has 0 spiro atoms. The van der Waals surface area contributed by atoms with Crippen LogP contribution in [0.25, 0.3) is 10.6 Å². The summed E-state index contributed by atoms with van der Waals surface area (Å²) in [6.45, 7) is 11.3. The Kier molecular flexibility index (Phi) is 5.94. The Morgan fingerprint density at radius 3 is 2.72 bits per heavy atom. The Balaban J connectivity index is 1.68. The van der Waals surface area contributed by atoms with E-state index in [1.807, 2.05) is 38.3 Å². The van der Waals surface area contributed by atoms with Crippen LogP contribution in [0.4, 0.5) is 9.93 Å². The summed E-state index contributed by atoms with van der Waals surface area (Å²) in [6.07, 6.45) is 1.80. The van der Waals surface area contributed by atoms with E-state index in [-0.39, 0.29) is 23.6 Å². The molecule has 0 radical (unpaired) electrons. The normalized spacial score (nSPS) is 25.3. The molecule has 2 aliphatic heterocycles. The smallest absolute Gasteiger partial charge is 0.407 e. The third-order valence-electron chi connectivity index (χ3n) is 6.08. The highest BCUT2D eigenvalue weighted by Crippen LogP contribution is 2.47. The van der Waals surface area contributed by atoms with Gasteiger partial charge in [-0.15, -0.1) is 9.69 Å². The van der Waals surface area contributed by atoms with Gasteiger partial charge in [0.05, 0.1) is 23.3 Å². The minimum absolute atomic E-state index is 0.0381. The third-order valence-corrected chi connectivity index (χ3v) is 7.43. The van der Waals surface area contributed by atoms with E-state index in [0.717, 1.165) is 22.1 Å².